The van der Waals surface area contributed by atoms with Gasteiger partial charge in [-0.2, -0.15) is 0 Å². The standard InChI is InChI=1S/C12H11Br2FN2/c1-12(15,8-4-2-6-10(13)16-8)9-5-3-7-11(14)17-9/h2,4-6H,3,7H2,1H3. The average molecular weight is 362 g/mol. The van der Waals surface area contributed by atoms with Crippen LogP contribution in [0, 0.1) is 0 Å². The lowest BCUT2D eigenvalue weighted by Gasteiger charge is -2.23. The van der Waals surface area contributed by atoms with Crippen molar-refractivity contribution in [1.29, 1.82) is 0 Å². The summed E-state index contributed by atoms with van der Waals surface area (Å²) in [5.74, 6) is 0. The summed E-state index contributed by atoms with van der Waals surface area (Å²) in [6.07, 6.45) is 3.45. The minimum atomic E-state index is -1.66. The van der Waals surface area contributed by atoms with E-state index in [4.69, 9.17) is 0 Å². The molecular formula is C12H11Br2FN2. The van der Waals surface area contributed by atoms with Crippen LogP contribution in [-0.2, 0) is 5.67 Å². The number of hydrogen-bond acceptors (Lipinski definition) is 2. The molecule has 90 valence electrons. The van der Waals surface area contributed by atoms with Gasteiger partial charge in [0.25, 0.3) is 0 Å². The van der Waals surface area contributed by atoms with Crippen LogP contribution in [0.4, 0.5) is 4.39 Å². The monoisotopic (exact) mass is 360 g/mol. The number of halogens is 3. The van der Waals surface area contributed by atoms with Crippen LogP contribution < -0.4 is 0 Å². The van der Waals surface area contributed by atoms with Crippen LogP contribution in [-0.4, -0.2) is 9.60 Å². The fourth-order valence-electron chi connectivity index (χ4n) is 1.66. The topological polar surface area (TPSA) is 25.2 Å². The van der Waals surface area contributed by atoms with Crippen molar-refractivity contribution in [3.05, 3.63) is 40.3 Å². The Morgan fingerprint density at radius 3 is 2.76 bits per heavy atom. The van der Waals surface area contributed by atoms with Gasteiger partial charge in [0.05, 0.1) is 16.0 Å². The van der Waals surface area contributed by atoms with Crippen LogP contribution in [0.15, 0.2) is 39.6 Å². The molecule has 2 heterocycles. The molecular weight excluding hydrogens is 351 g/mol. The van der Waals surface area contributed by atoms with Crippen LogP contribution in [0.2, 0.25) is 0 Å². The van der Waals surface area contributed by atoms with Crippen molar-refractivity contribution in [3.8, 4) is 0 Å². The highest BCUT2D eigenvalue weighted by atomic mass is 79.9. The third-order valence-electron chi connectivity index (χ3n) is 2.61. The number of allylic oxidation sites excluding steroid dienone is 2. The van der Waals surface area contributed by atoms with Crippen molar-refractivity contribution in [2.24, 2.45) is 4.99 Å². The van der Waals surface area contributed by atoms with Crippen molar-refractivity contribution < 1.29 is 4.39 Å². The molecule has 1 unspecified atom stereocenters. The molecule has 2 rings (SSSR count). The lowest BCUT2D eigenvalue weighted by molar-refractivity contribution is 0.233. The van der Waals surface area contributed by atoms with E-state index in [0.717, 1.165) is 17.5 Å². The van der Waals surface area contributed by atoms with Gasteiger partial charge in [-0.25, -0.2) is 14.4 Å². The Hall–Kier alpha value is -0.550. The average Bonchev–Trinajstić information content (AvgIpc) is 2.29. The largest absolute Gasteiger partial charge is 0.247 e. The number of alkyl halides is 1. The Balaban J connectivity index is 2.39. The maximum atomic E-state index is 14.8. The van der Waals surface area contributed by atoms with Gasteiger partial charge < -0.3 is 0 Å². The zero-order valence-corrected chi connectivity index (χ0v) is 12.4. The molecule has 0 bridgehead atoms. The molecule has 1 aromatic rings. The van der Waals surface area contributed by atoms with Gasteiger partial charge >= 0.3 is 0 Å². The smallest absolute Gasteiger partial charge is 0.191 e. The van der Waals surface area contributed by atoms with E-state index in [1.807, 2.05) is 6.08 Å². The molecule has 1 atom stereocenters. The molecule has 0 N–H and O–H groups in total. The van der Waals surface area contributed by atoms with Gasteiger partial charge in [0, 0.05) is 0 Å². The Kier molecular flexibility index (Phi) is 3.78. The SMILES string of the molecule is CC(F)(C1=CCCC(Br)=N1)c1cccc(Br)n1. The molecule has 2 nitrogen and oxygen atoms in total. The van der Waals surface area contributed by atoms with Crippen LogP contribution in [0.3, 0.4) is 0 Å². The van der Waals surface area contributed by atoms with E-state index in [0.29, 0.717) is 16.0 Å². The molecule has 0 spiro atoms. The molecule has 0 radical (unpaired) electrons. The normalized spacial score (nSPS) is 19.3. The van der Waals surface area contributed by atoms with E-state index in [2.05, 4.69) is 41.8 Å². The number of nitrogens with zero attached hydrogens (tertiary/aromatic N) is 2. The van der Waals surface area contributed by atoms with Gasteiger partial charge in [0.1, 0.15) is 4.60 Å². The first-order valence-electron chi connectivity index (χ1n) is 5.26. The molecule has 0 aliphatic carbocycles. The summed E-state index contributed by atoms with van der Waals surface area (Å²) in [6, 6.07) is 5.21. The van der Waals surface area contributed by atoms with Crippen LogP contribution >= 0.6 is 31.9 Å². The second kappa shape index (κ2) is 4.98. The maximum absolute atomic E-state index is 14.8. The van der Waals surface area contributed by atoms with Gasteiger partial charge in [-0.3, -0.25) is 0 Å². The molecule has 0 aromatic carbocycles. The lowest BCUT2D eigenvalue weighted by Crippen LogP contribution is -2.21. The molecule has 0 fully saturated rings. The first-order valence-corrected chi connectivity index (χ1v) is 6.84. The summed E-state index contributed by atoms with van der Waals surface area (Å²) >= 11 is 6.57. The second-order valence-electron chi connectivity index (χ2n) is 3.96. The zero-order chi connectivity index (χ0) is 12.5. The number of pyridine rings is 1. The number of hydrogen-bond donors (Lipinski definition) is 0. The summed E-state index contributed by atoms with van der Waals surface area (Å²) in [6.45, 7) is 1.49. The third-order valence-corrected chi connectivity index (χ3v) is 3.62. The minimum Gasteiger partial charge on any atom is -0.247 e. The van der Waals surface area contributed by atoms with E-state index in [1.54, 1.807) is 18.2 Å². The first kappa shape index (κ1) is 12.9. The highest BCUT2D eigenvalue weighted by Crippen LogP contribution is 2.36. The number of aromatic nitrogens is 1. The van der Waals surface area contributed by atoms with E-state index in [1.165, 1.54) is 6.92 Å². The molecule has 1 aliphatic rings. The van der Waals surface area contributed by atoms with Crippen molar-refractivity contribution in [2.75, 3.05) is 0 Å². The lowest BCUT2D eigenvalue weighted by atomic mass is 9.97. The summed E-state index contributed by atoms with van der Waals surface area (Å²) < 4.78 is 16.2. The van der Waals surface area contributed by atoms with Gasteiger partial charge in [0.2, 0.25) is 0 Å². The van der Waals surface area contributed by atoms with Gasteiger partial charge in [0.15, 0.2) is 5.67 Å². The second-order valence-corrected chi connectivity index (χ2v) is 5.69. The molecule has 5 heteroatoms. The highest BCUT2D eigenvalue weighted by Gasteiger charge is 2.33. The van der Waals surface area contributed by atoms with Gasteiger partial charge in [-0.1, -0.05) is 12.1 Å². The van der Waals surface area contributed by atoms with Crippen molar-refractivity contribution in [3.63, 3.8) is 0 Å². The fourth-order valence-corrected chi connectivity index (χ4v) is 2.42. The summed E-state index contributed by atoms with van der Waals surface area (Å²) in [5.41, 5.74) is -0.881. The Bertz CT molecular complexity index is 495. The molecule has 0 amide bonds. The molecule has 1 aliphatic heterocycles. The predicted octanol–water partition coefficient (Wildman–Crippen LogP) is 4.50. The molecule has 0 saturated carbocycles. The van der Waals surface area contributed by atoms with E-state index in [-0.39, 0.29) is 0 Å². The Labute approximate surface area is 116 Å². The van der Waals surface area contributed by atoms with E-state index in [9.17, 15) is 4.39 Å². The van der Waals surface area contributed by atoms with E-state index < -0.39 is 5.67 Å². The number of aliphatic imine (C=N–C) groups is 1. The van der Waals surface area contributed by atoms with Crippen LogP contribution in [0.5, 0.6) is 0 Å². The summed E-state index contributed by atoms with van der Waals surface area (Å²) in [5, 5.41) is 0. The van der Waals surface area contributed by atoms with Crippen molar-refractivity contribution in [1.82, 2.24) is 4.98 Å². The fraction of sp³-hybridized carbons (Fsp3) is 0.333. The van der Waals surface area contributed by atoms with Gasteiger partial charge in [-0.05, 0) is 63.8 Å². The van der Waals surface area contributed by atoms with Crippen LogP contribution in [0.1, 0.15) is 25.5 Å². The zero-order valence-electron chi connectivity index (χ0n) is 9.25. The first-order chi connectivity index (χ1) is 8.00. The van der Waals surface area contributed by atoms with Gasteiger partial charge in [-0.15, -0.1) is 0 Å². The summed E-state index contributed by atoms with van der Waals surface area (Å²) in [7, 11) is 0. The Morgan fingerprint density at radius 2 is 2.12 bits per heavy atom. The maximum Gasteiger partial charge on any atom is 0.191 e. The molecule has 1 aromatic heterocycles. The quantitative estimate of drug-likeness (QED) is 0.712. The van der Waals surface area contributed by atoms with Crippen molar-refractivity contribution >= 4 is 36.5 Å². The van der Waals surface area contributed by atoms with Crippen molar-refractivity contribution in [2.45, 2.75) is 25.4 Å². The third kappa shape index (κ3) is 2.83. The van der Waals surface area contributed by atoms with E-state index >= 15 is 0 Å². The molecule has 17 heavy (non-hydrogen) atoms. The summed E-state index contributed by atoms with van der Waals surface area (Å²) in [4.78, 5) is 8.39. The Morgan fingerprint density at radius 1 is 1.35 bits per heavy atom. The minimum absolute atomic E-state index is 0.365. The molecule has 0 saturated heterocycles. The number of rotatable bonds is 2. The predicted molar refractivity (Wildman–Crippen MR) is 74.1 cm³/mol. The van der Waals surface area contributed by atoms with Crippen LogP contribution in [0.25, 0.3) is 0 Å². The highest BCUT2D eigenvalue weighted by molar-refractivity contribution is 9.18.